The number of aromatic amines is 1. The van der Waals surface area contributed by atoms with E-state index in [1.54, 1.807) is 6.07 Å². The second kappa shape index (κ2) is 4.75. The Morgan fingerprint density at radius 3 is 2.94 bits per heavy atom. The van der Waals surface area contributed by atoms with Gasteiger partial charge in [0.25, 0.3) is 0 Å². The van der Waals surface area contributed by atoms with Gasteiger partial charge in [-0.05, 0) is 36.4 Å². The number of benzene rings is 1. The van der Waals surface area contributed by atoms with E-state index in [-0.39, 0.29) is 18.1 Å². The largest absolute Gasteiger partial charge is 0.344 e. The van der Waals surface area contributed by atoms with Crippen molar-refractivity contribution in [1.82, 2.24) is 14.8 Å². The second-order valence-corrected chi connectivity index (χ2v) is 4.46. The molecule has 0 amide bonds. The maximum absolute atomic E-state index is 13.1. The fourth-order valence-electron chi connectivity index (χ4n) is 1.51. The molecule has 1 aromatic carbocycles. The lowest BCUT2D eigenvalue weighted by Crippen LogP contribution is -2.19. The lowest BCUT2D eigenvalue weighted by molar-refractivity contribution is 0.610. The average Bonchev–Trinajstić information content (AvgIpc) is 2.65. The summed E-state index contributed by atoms with van der Waals surface area (Å²) in [4.78, 5) is 14.2. The third-order valence-corrected chi connectivity index (χ3v) is 3.05. The molecule has 0 unspecified atom stereocenters. The molecule has 0 saturated heterocycles. The van der Waals surface area contributed by atoms with Gasteiger partial charge < -0.3 is 0 Å². The molecule has 0 aliphatic heterocycles. The zero-order valence-electron chi connectivity index (χ0n) is 9.53. The van der Waals surface area contributed by atoms with Crippen LogP contribution in [0.15, 0.2) is 28.2 Å². The number of H-pyrrole nitrogens is 1. The molecule has 0 saturated carbocycles. The summed E-state index contributed by atoms with van der Waals surface area (Å²) in [6, 6.07) is 4.52. The molecule has 2 rings (SSSR count). The molecule has 17 heavy (non-hydrogen) atoms. The molecule has 0 aliphatic rings. The molecule has 4 nitrogen and oxygen atoms in total. The Bertz CT molecular complexity index is 591. The van der Waals surface area contributed by atoms with E-state index in [1.807, 2.05) is 13.2 Å². The fourth-order valence-corrected chi connectivity index (χ4v) is 1.88. The predicted molar refractivity (Wildman–Crippen MR) is 64.9 cm³/mol. The minimum atomic E-state index is -0.306. The van der Waals surface area contributed by atoms with Gasteiger partial charge in [-0.15, -0.1) is 5.10 Å². The van der Waals surface area contributed by atoms with E-state index in [4.69, 9.17) is 0 Å². The number of nitrogens with one attached hydrogen (secondary N) is 1. The van der Waals surface area contributed by atoms with Gasteiger partial charge >= 0.3 is 5.69 Å². The number of hydrogen-bond donors (Lipinski definition) is 1. The van der Waals surface area contributed by atoms with E-state index in [2.05, 4.69) is 10.1 Å². The van der Waals surface area contributed by atoms with Crippen molar-refractivity contribution in [3.8, 4) is 0 Å². The molecule has 0 radical (unpaired) electrons. The highest BCUT2D eigenvalue weighted by Gasteiger charge is 2.07. The van der Waals surface area contributed by atoms with Crippen LogP contribution < -0.4 is 5.69 Å². The summed E-state index contributed by atoms with van der Waals surface area (Å²) < 4.78 is 14.4. The predicted octanol–water partition coefficient (Wildman–Crippen LogP) is 1.79. The fraction of sp³-hybridized carbons (Fsp3) is 0.273. The average molecular weight is 253 g/mol. The SMILES string of the molecule is CSc1nn(Cc2cc(F)ccc2C)c(=O)[nH]1. The van der Waals surface area contributed by atoms with Gasteiger partial charge in [0.05, 0.1) is 6.54 Å². The van der Waals surface area contributed by atoms with Crippen LogP contribution in [0.2, 0.25) is 0 Å². The maximum atomic E-state index is 13.1. The lowest BCUT2D eigenvalue weighted by Gasteiger charge is -2.04. The van der Waals surface area contributed by atoms with Crippen LogP contribution in [0.25, 0.3) is 0 Å². The quantitative estimate of drug-likeness (QED) is 0.848. The van der Waals surface area contributed by atoms with Gasteiger partial charge in [0.15, 0.2) is 5.16 Å². The Hall–Kier alpha value is -1.56. The first-order chi connectivity index (χ1) is 8.10. The molecule has 1 N–H and O–H groups in total. The first kappa shape index (κ1) is 11.9. The summed E-state index contributed by atoms with van der Waals surface area (Å²) in [5.74, 6) is -0.306. The van der Waals surface area contributed by atoms with Crippen molar-refractivity contribution in [1.29, 1.82) is 0 Å². The van der Waals surface area contributed by atoms with E-state index in [9.17, 15) is 9.18 Å². The number of thioether (sulfide) groups is 1. The zero-order valence-corrected chi connectivity index (χ0v) is 10.3. The van der Waals surface area contributed by atoms with Crippen LogP contribution in [0.1, 0.15) is 11.1 Å². The first-order valence-electron chi connectivity index (χ1n) is 5.06. The molecule has 2 aromatic rings. The van der Waals surface area contributed by atoms with Crippen molar-refractivity contribution >= 4 is 11.8 Å². The smallest absolute Gasteiger partial charge is 0.284 e. The van der Waals surface area contributed by atoms with Gasteiger partial charge in [-0.3, -0.25) is 4.98 Å². The van der Waals surface area contributed by atoms with Crippen LogP contribution in [0, 0.1) is 12.7 Å². The molecule has 0 bridgehead atoms. The molecule has 1 heterocycles. The van der Waals surface area contributed by atoms with E-state index < -0.39 is 0 Å². The summed E-state index contributed by atoms with van der Waals surface area (Å²) in [6.45, 7) is 2.15. The molecule has 1 aromatic heterocycles. The Balaban J connectivity index is 2.34. The molecular weight excluding hydrogens is 241 g/mol. The summed E-state index contributed by atoms with van der Waals surface area (Å²) in [7, 11) is 0. The Labute approximate surface area is 102 Å². The number of nitrogens with zero attached hydrogens (tertiary/aromatic N) is 2. The number of aromatic nitrogens is 3. The van der Waals surface area contributed by atoms with Crippen molar-refractivity contribution in [3.05, 3.63) is 45.6 Å². The van der Waals surface area contributed by atoms with Crippen molar-refractivity contribution < 1.29 is 4.39 Å². The van der Waals surface area contributed by atoms with Gasteiger partial charge in [-0.1, -0.05) is 17.8 Å². The monoisotopic (exact) mass is 253 g/mol. The van der Waals surface area contributed by atoms with Crippen LogP contribution in [0.4, 0.5) is 4.39 Å². The molecule has 0 spiro atoms. The normalized spacial score (nSPS) is 10.8. The standard InChI is InChI=1S/C11H12FN3OS/c1-7-3-4-9(12)5-8(7)6-15-11(16)13-10(14-15)17-2/h3-5H,6H2,1-2H3,(H,13,14,16). The Morgan fingerprint density at radius 2 is 2.29 bits per heavy atom. The third kappa shape index (κ3) is 2.58. The van der Waals surface area contributed by atoms with Gasteiger partial charge in [0, 0.05) is 0 Å². The van der Waals surface area contributed by atoms with Gasteiger partial charge in [0.1, 0.15) is 5.82 Å². The highest BCUT2D eigenvalue weighted by molar-refractivity contribution is 7.98. The van der Waals surface area contributed by atoms with Crippen LogP contribution >= 0.6 is 11.8 Å². The van der Waals surface area contributed by atoms with E-state index in [1.165, 1.54) is 28.6 Å². The summed E-state index contributed by atoms with van der Waals surface area (Å²) in [5.41, 5.74) is 1.41. The van der Waals surface area contributed by atoms with Crippen LogP contribution in [0.3, 0.4) is 0 Å². The van der Waals surface area contributed by atoms with Crippen LogP contribution in [0.5, 0.6) is 0 Å². The minimum Gasteiger partial charge on any atom is -0.284 e. The topological polar surface area (TPSA) is 50.7 Å². The van der Waals surface area contributed by atoms with E-state index in [0.29, 0.717) is 5.16 Å². The summed E-state index contributed by atoms with van der Waals surface area (Å²) in [6.07, 6.45) is 1.83. The number of aryl methyl sites for hydroxylation is 1. The van der Waals surface area contributed by atoms with Crippen LogP contribution in [-0.2, 0) is 6.54 Å². The van der Waals surface area contributed by atoms with Crippen molar-refractivity contribution in [3.63, 3.8) is 0 Å². The van der Waals surface area contributed by atoms with E-state index in [0.717, 1.165) is 11.1 Å². The number of hydrogen-bond acceptors (Lipinski definition) is 3. The Morgan fingerprint density at radius 1 is 1.53 bits per heavy atom. The Kier molecular flexibility index (Phi) is 3.33. The maximum Gasteiger partial charge on any atom is 0.344 e. The highest BCUT2D eigenvalue weighted by atomic mass is 32.2. The third-order valence-electron chi connectivity index (χ3n) is 2.48. The molecule has 0 aliphatic carbocycles. The van der Waals surface area contributed by atoms with Gasteiger partial charge in [-0.2, -0.15) is 0 Å². The molecular formula is C11H12FN3OS. The second-order valence-electron chi connectivity index (χ2n) is 3.67. The highest BCUT2D eigenvalue weighted by Crippen LogP contribution is 2.11. The summed E-state index contributed by atoms with van der Waals surface area (Å²) >= 11 is 1.36. The van der Waals surface area contributed by atoms with Crippen molar-refractivity contribution in [2.75, 3.05) is 6.26 Å². The zero-order chi connectivity index (χ0) is 12.4. The van der Waals surface area contributed by atoms with Gasteiger partial charge in [0.2, 0.25) is 0 Å². The number of rotatable bonds is 3. The molecule has 0 fully saturated rings. The molecule has 90 valence electrons. The minimum absolute atomic E-state index is 0.277. The lowest BCUT2D eigenvalue weighted by atomic mass is 10.1. The molecule has 6 heteroatoms. The van der Waals surface area contributed by atoms with Crippen LogP contribution in [-0.4, -0.2) is 21.0 Å². The molecule has 0 atom stereocenters. The first-order valence-corrected chi connectivity index (χ1v) is 6.29. The van der Waals surface area contributed by atoms with Crippen molar-refractivity contribution in [2.24, 2.45) is 0 Å². The summed E-state index contributed by atoms with van der Waals surface area (Å²) in [5, 5.41) is 4.64. The van der Waals surface area contributed by atoms with E-state index >= 15 is 0 Å². The van der Waals surface area contributed by atoms with Gasteiger partial charge in [-0.25, -0.2) is 13.9 Å². The van der Waals surface area contributed by atoms with Crippen molar-refractivity contribution in [2.45, 2.75) is 18.6 Å². The number of halogens is 1.